The van der Waals surface area contributed by atoms with Gasteiger partial charge in [0.05, 0.1) is 5.69 Å². The smallest absolute Gasteiger partial charge is 0.191 e. The summed E-state index contributed by atoms with van der Waals surface area (Å²) in [6.45, 7) is 12.3. The molecule has 1 saturated heterocycles. The molecule has 24 heavy (non-hydrogen) atoms. The molecule has 2 rings (SSSR count). The molecule has 1 aromatic heterocycles. The summed E-state index contributed by atoms with van der Waals surface area (Å²) < 4.78 is 2.08. The highest BCUT2D eigenvalue weighted by Gasteiger charge is 2.18. The van der Waals surface area contributed by atoms with E-state index >= 15 is 0 Å². The molecule has 138 valence electrons. The molecule has 1 atom stereocenters. The summed E-state index contributed by atoms with van der Waals surface area (Å²) in [5, 5.41) is 11.3. The molecule has 0 saturated carbocycles. The fraction of sp³-hybridized carbons (Fsp3) is 0.765. The number of nitrogens with zero attached hydrogens (tertiary/aromatic N) is 4. The average Bonchev–Trinajstić information content (AvgIpc) is 3.06. The second-order valence-electron chi connectivity index (χ2n) is 6.57. The number of nitrogens with one attached hydrogen (secondary N) is 2. The van der Waals surface area contributed by atoms with Gasteiger partial charge in [-0.2, -0.15) is 5.10 Å². The lowest BCUT2D eigenvalue weighted by atomic mass is 10.1. The zero-order chi connectivity index (χ0) is 16.7. The van der Waals surface area contributed by atoms with Crippen molar-refractivity contribution in [3.8, 4) is 0 Å². The Balaban J connectivity index is 0.00000288. The van der Waals surface area contributed by atoms with E-state index in [1.165, 1.54) is 25.2 Å². The van der Waals surface area contributed by atoms with Gasteiger partial charge in [-0.15, -0.1) is 24.0 Å². The van der Waals surface area contributed by atoms with Crippen molar-refractivity contribution in [1.29, 1.82) is 0 Å². The van der Waals surface area contributed by atoms with Crippen LogP contribution in [-0.4, -0.2) is 60.4 Å². The Morgan fingerprint density at radius 3 is 2.75 bits per heavy atom. The molecule has 0 aromatic carbocycles. The number of aryl methyl sites for hydroxylation is 3. The maximum atomic E-state index is 4.74. The van der Waals surface area contributed by atoms with Crippen LogP contribution >= 0.6 is 24.0 Å². The van der Waals surface area contributed by atoms with Gasteiger partial charge >= 0.3 is 0 Å². The summed E-state index contributed by atoms with van der Waals surface area (Å²) >= 11 is 0. The Bertz CT molecular complexity index is 513. The van der Waals surface area contributed by atoms with Crippen LogP contribution in [0, 0.1) is 19.8 Å². The lowest BCUT2D eigenvalue weighted by Gasteiger charge is -2.13. The van der Waals surface area contributed by atoms with Gasteiger partial charge in [-0.25, -0.2) is 0 Å². The highest BCUT2D eigenvalue weighted by Crippen LogP contribution is 2.14. The van der Waals surface area contributed by atoms with E-state index in [1.54, 1.807) is 0 Å². The van der Waals surface area contributed by atoms with Crippen LogP contribution in [0.2, 0.25) is 0 Å². The number of aliphatic imine (C=N–C) groups is 1. The minimum atomic E-state index is 0. The zero-order valence-electron chi connectivity index (χ0n) is 15.5. The molecule has 6 nitrogen and oxygen atoms in total. The summed E-state index contributed by atoms with van der Waals surface area (Å²) in [6.07, 6.45) is 2.30. The summed E-state index contributed by atoms with van der Waals surface area (Å²) in [5.74, 6) is 1.64. The van der Waals surface area contributed by atoms with Crippen molar-refractivity contribution in [3.63, 3.8) is 0 Å². The Hall–Kier alpha value is -0.830. The van der Waals surface area contributed by atoms with E-state index in [-0.39, 0.29) is 24.0 Å². The lowest BCUT2D eigenvalue weighted by Crippen LogP contribution is -2.38. The maximum Gasteiger partial charge on any atom is 0.191 e. The number of likely N-dealkylation sites (tertiary alicyclic amines) is 1. The Morgan fingerprint density at radius 2 is 2.17 bits per heavy atom. The molecule has 1 aliphatic heterocycles. The first-order chi connectivity index (χ1) is 11.1. The van der Waals surface area contributed by atoms with Gasteiger partial charge in [-0.05, 0) is 59.2 Å². The molecular formula is C17H33IN6. The van der Waals surface area contributed by atoms with Crippen LogP contribution in [0.25, 0.3) is 0 Å². The number of aromatic nitrogens is 2. The van der Waals surface area contributed by atoms with Crippen LogP contribution in [-0.2, 0) is 6.54 Å². The second-order valence-corrected chi connectivity index (χ2v) is 6.57. The number of halogens is 1. The molecule has 0 aliphatic carbocycles. The first-order valence-electron chi connectivity index (χ1n) is 8.80. The van der Waals surface area contributed by atoms with E-state index in [0.29, 0.717) is 5.92 Å². The molecule has 0 bridgehead atoms. The maximum absolute atomic E-state index is 4.74. The molecule has 1 aliphatic rings. The quantitative estimate of drug-likeness (QED) is 0.290. The molecule has 7 heteroatoms. The van der Waals surface area contributed by atoms with Gasteiger partial charge in [0, 0.05) is 38.4 Å². The Labute approximate surface area is 163 Å². The summed E-state index contributed by atoms with van der Waals surface area (Å²) in [4.78, 5) is 7.13. The standard InChI is InChI=1S/C17H32N6.HI/c1-5-18-17(20-12-16-7-10-22(4)13-16)19-8-6-9-23-15(3)11-14(2)21-23;/h11,16H,5-10,12-13H2,1-4H3,(H2,18,19,20);1H. The molecule has 1 unspecified atom stereocenters. The molecule has 1 fully saturated rings. The molecular weight excluding hydrogens is 415 g/mol. The highest BCUT2D eigenvalue weighted by molar-refractivity contribution is 14.0. The SMILES string of the molecule is CCNC(=NCC1CCN(C)C1)NCCCn1nc(C)cc1C.I. The van der Waals surface area contributed by atoms with Crippen molar-refractivity contribution in [1.82, 2.24) is 25.3 Å². The van der Waals surface area contributed by atoms with Gasteiger partial charge in [0.1, 0.15) is 0 Å². The molecule has 1 aromatic rings. The first kappa shape index (κ1) is 21.2. The predicted octanol–water partition coefficient (Wildman–Crippen LogP) is 2.01. The third-order valence-electron chi connectivity index (χ3n) is 4.28. The van der Waals surface area contributed by atoms with Crippen LogP contribution in [0.4, 0.5) is 0 Å². The van der Waals surface area contributed by atoms with E-state index < -0.39 is 0 Å². The predicted molar refractivity (Wildman–Crippen MR) is 111 cm³/mol. The highest BCUT2D eigenvalue weighted by atomic mass is 127. The largest absolute Gasteiger partial charge is 0.357 e. The van der Waals surface area contributed by atoms with Gasteiger partial charge in [-0.3, -0.25) is 9.67 Å². The zero-order valence-corrected chi connectivity index (χ0v) is 17.8. The van der Waals surface area contributed by atoms with Gasteiger partial charge in [0.2, 0.25) is 0 Å². The van der Waals surface area contributed by atoms with Crippen molar-refractivity contribution in [2.45, 2.75) is 40.2 Å². The first-order valence-corrected chi connectivity index (χ1v) is 8.80. The number of guanidine groups is 1. The van der Waals surface area contributed by atoms with E-state index in [1.807, 2.05) is 6.92 Å². The third-order valence-corrected chi connectivity index (χ3v) is 4.28. The van der Waals surface area contributed by atoms with Crippen LogP contribution in [0.15, 0.2) is 11.1 Å². The molecule has 2 heterocycles. The van der Waals surface area contributed by atoms with E-state index in [2.05, 4.69) is 52.3 Å². The normalized spacial score (nSPS) is 18.5. The number of rotatable bonds is 7. The van der Waals surface area contributed by atoms with Gasteiger partial charge < -0.3 is 15.5 Å². The van der Waals surface area contributed by atoms with Gasteiger partial charge in [0.25, 0.3) is 0 Å². The van der Waals surface area contributed by atoms with Gasteiger partial charge in [0.15, 0.2) is 5.96 Å². The summed E-state index contributed by atoms with van der Waals surface area (Å²) in [6, 6.07) is 2.12. The van der Waals surface area contributed by atoms with Crippen molar-refractivity contribution in [2.75, 3.05) is 39.8 Å². The van der Waals surface area contributed by atoms with Crippen LogP contribution in [0.1, 0.15) is 31.2 Å². The van der Waals surface area contributed by atoms with Crippen LogP contribution in [0.3, 0.4) is 0 Å². The lowest BCUT2D eigenvalue weighted by molar-refractivity contribution is 0.397. The molecule has 0 radical (unpaired) electrons. The minimum Gasteiger partial charge on any atom is -0.357 e. The van der Waals surface area contributed by atoms with Crippen LogP contribution in [0.5, 0.6) is 0 Å². The fourth-order valence-corrected chi connectivity index (χ4v) is 3.07. The van der Waals surface area contributed by atoms with E-state index in [0.717, 1.165) is 44.3 Å². The van der Waals surface area contributed by atoms with Crippen molar-refractivity contribution >= 4 is 29.9 Å². The van der Waals surface area contributed by atoms with Gasteiger partial charge in [-0.1, -0.05) is 0 Å². The molecule has 0 amide bonds. The average molecular weight is 448 g/mol. The molecule has 0 spiro atoms. The van der Waals surface area contributed by atoms with Crippen LogP contribution < -0.4 is 10.6 Å². The number of hydrogen-bond donors (Lipinski definition) is 2. The second kappa shape index (κ2) is 10.9. The topological polar surface area (TPSA) is 57.5 Å². The van der Waals surface area contributed by atoms with Crippen molar-refractivity contribution in [3.05, 3.63) is 17.5 Å². The van der Waals surface area contributed by atoms with Crippen molar-refractivity contribution in [2.24, 2.45) is 10.9 Å². The number of hydrogen-bond acceptors (Lipinski definition) is 3. The Kier molecular flexibility index (Phi) is 9.65. The minimum absolute atomic E-state index is 0. The van der Waals surface area contributed by atoms with E-state index in [9.17, 15) is 0 Å². The third kappa shape index (κ3) is 6.96. The van der Waals surface area contributed by atoms with E-state index in [4.69, 9.17) is 4.99 Å². The van der Waals surface area contributed by atoms with Crippen molar-refractivity contribution < 1.29 is 0 Å². The summed E-state index contributed by atoms with van der Waals surface area (Å²) in [7, 11) is 2.19. The Morgan fingerprint density at radius 1 is 1.38 bits per heavy atom. The molecule has 2 N–H and O–H groups in total. The fourth-order valence-electron chi connectivity index (χ4n) is 3.07. The monoisotopic (exact) mass is 448 g/mol. The summed E-state index contributed by atoms with van der Waals surface area (Å²) in [5.41, 5.74) is 2.32.